The predicted octanol–water partition coefficient (Wildman–Crippen LogP) is 2.92. The predicted molar refractivity (Wildman–Crippen MR) is 82.0 cm³/mol. The lowest BCUT2D eigenvalue weighted by molar-refractivity contribution is -0.267. The Balaban J connectivity index is 1.69. The standard InChI is InChI=1S/C16H19BrO4/c17-9-8-13-12(18)6-7-14-15(20-13)10-19-16(21-14)11-4-2-1-3-5-11/h1-5,8-9,12-16,18H,6-7,10H2/b9-8-/t12-,13+,14+,15-,16-/m1/s1. The molecule has 2 aliphatic heterocycles. The maximum absolute atomic E-state index is 10.1. The van der Waals surface area contributed by atoms with Gasteiger partial charge in [-0.05, 0) is 23.9 Å². The van der Waals surface area contributed by atoms with Crippen LogP contribution >= 0.6 is 15.9 Å². The fourth-order valence-electron chi connectivity index (χ4n) is 2.78. The molecule has 4 nitrogen and oxygen atoms in total. The van der Waals surface area contributed by atoms with Crippen LogP contribution in [0.1, 0.15) is 24.7 Å². The summed E-state index contributed by atoms with van der Waals surface area (Å²) in [6.07, 6.45) is 1.87. The van der Waals surface area contributed by atoms with E-state index in [-0.39, 0.29) is 24.6 Å². The molecule has 0 aliphatic carbocycles. The molecule has 2 aliphatic rings. The summed E-state index contributed by atoms with van der Waals surface area (Å²) in [6.45, 7) is 0.476. The van der Waals surface area contributed by atoms with Crippen LogP contribution in [0.25, 0.3) is 0 Å². The number of benzene rings is 1. The number of aliphatic hydroxyl groups excluding tert-OH is 1. The van der Waals surface area contributed by atoms with Gasteiger partial charge in [0, 0.05) is 5.56 Å². The SMILES string of the molecule is O[C@@H]1CC[C@@H]2O[C@H](c3ccccc3)OC[C@H]2O[C@H]1/C=C\Br. The van der Waals surface area contributed by atoms with Crippen LogP contribution < -0.4 is 0 Å². The Labute approximate surface area is 132 Å². The second-order valence-electron chi connectivity index (χ2n) is 5.35. The van der Waals surface area contributed by atoms with E-state index < -0.39 is 6.10 Å². The van der Waals surface area contributed by atoms with Crippen LogP contribution in [0.15, 0.2) is 41.4 Å². The summed E-state index contributed by atoms with van der Waals surface area (Å²) in [5, 5.41) is 10.1. The van der Waals surface area contributed by atoms with Crippen LogP contribution in [0, 0.1) is 0 Å². The molecule has 0 amide bonds. The van der Waals surface area contributed by atoms with Crippen LogP contribution in [-0.2, 0) is 14.2 Å². The number of aliphatic hydroxyl groups is 1. The summed E-state index contributed by atoms with van der Waals surface area (Å²) < 4.78 is 17.8. The maximum atomic E-state index is 10.1. The molecule has 0 aromatic heterocycles. The second-order valence-corrected chi connectivity index (χ2v) is 5.88. The van der Waals surface area contributed by atoms with Gasteiger partial charge in [0.15, 0.2) is 6.29 Å². The molecule has 1 aromatic rings. The first-order valence-electron chi connectivity index (χ1n) is 7.20. The van der Waals surface area contributed by atoms with Gasteiger partial charge in [-0.2, -0.15) is 0 Å². The van der Waals surface area contributed by atoms with Gasteiger partial charge in [0.2, 0.25) is 0 Å². The van der Waals surface area contributed by atoms with Crippen molar-refractivity contribution in [2.24, 2.45) is 0 Å². The molecule has 2 saturated heterocycles. The summed E-state index contributed by atoms with van der Waals surface area (Å²) in [4.78, 5) is 1.72. The molecule has 2 heterocycles. The highest BCUT2D eigenvalue weighted by Gasteiger charge is 2.38. The average molecular weight is 355 g/mol. The molecule has 0 saturated carbocycles. The molecule has 5 atom stereocenters. The third kappa shape index (κ3) is 3.55. The minimum atomic E-state index is -0.511. The zero-order valence-electron chi connectivity index (χ0n) is 11.6. The summed E-state index contributed by atoms with van der Waals surface area (Å²) >= 11 is 3.23. The lowest BCUT2D eigenvalue weighted by Gasteiger charge is -2.36. The molecular formula is C16H19BrO4. The fourth-order valence-corrected chi connectivity index (χ4v) is 3.08. The highest BCUT2D eigenvalue weighted by Crippen LogP contribution is 2.33. The second kappa shape index (κ2) is 7.03. The van der Waals surface area contributed by atoms with Gasteiger partial charge in [-0.3, -0.25) is 0 Å². The molecule has 1 N–H and O–H groups in total. The van der Waals surface area contributed by atoms with E-state index in [1.54, 1.807) is 4.99 Å². The topological polar surface area (TPSA) is 47.9 Å². The molecule has 0 unspecified atom stereocenters. The van der Waals surface area contributed by atoms with Crippen LogP contribution in [0.3, 0.4) is 0 Å². The maximum Gasteiger partial charge on any atom is 0.184 e. The van der Waals surface area contributed by atoms with Gasteiger partial charge < -0.3 is 19.3 Å². The Hall–Kier alpha value is -0.720. The smallest absolute Gasteiger partial charge is 0.184 e. The number of rotatable bonds is 2. The molecule has 0 radical (unpaired) electrons. The first kappa shape index (κ1) is 15.2. The van der Waals surface area contributed by atoms with Crippen LogP contribution in [0.5, 0.6) is 0 Å². The number of hydrogen-bond acceptors (Lipinski definition) is 4. The van der Waals surface area contributed by atoms with Crippen molar-refractivity contribution >= 4 is 15.9 Å². The quantitative estimate of drug-likeness (QED) is 0.886. The van der Waals surface area contributed by atoms with E-state index >= 15 is 0 Å². The van der Waals surface area contributed by atoms with Gasteiger partial charge in [0.1, 0.15) is 12.2 Å². The molecule has 5 heteroatoms. The lowest BCUT2D eigenvalue weighted by Crippen LogP contribution is -2.42. The van der Waals surface area contributed by atoms with Gasteiger partial charge >= 0.3 is 0 Å². The molecule has 1 aromatic carbocycles. The molecule has 114 valence electrons. The Morgan fingerprint density at radius 1 is 1.10 bits per heavy atom. The molecular weight excluding hydrogens is 336 g/mol. The fraction of sp³-hybridized carbons (Fsp3) is 0.500. The van der Waals surface area contributed by atoms with Crippen LogP contribution in [0.2, 0.25) is 0 Å². The van der Waals surface area contributed by atoms with Crippen molar-refractivity contribution in [3.05, 3.63) is 47.0 Å². The Kier molecular flexibility index (Phi) is 5.08. The van der Waals surface area contributed by atoms with Gasteiger partial charge in [0.05, 0.1) is 18.8 Å². The van der Waals surface area contributed by atoms with E-state index in [4.69, 9.17) is 14.2 Å². The average Bonchev–Trinajstić information content (AvgIpc) is 2.68. The van der Waals surface area contributed by atoms with Crippen LogP contribution in [0.4, 0.5) is 0 Å². The van der Waals surface area contributed by atoms with Crippen molar-refractivity contribution < 1.29 is 19.3 Å². The van der Waals surface area contributed by atoms with Crippen molar-refractivity contribution in [1.29, 1.82) is 0 Å². The highest BCUT2D eigenvalue weighted by molar-refractivity contribution is 9.11. The van der Waals surface area contributed by atoms with E-state index in [1.165, 1.54) is 0 Å². The van der Waals surface area contributed by atoms with Gasteiger partial charge in [-0.1, -0.05) is 46.3 Å². The van der Waals surface area contributed by atoms with E-state index in [9.17, 15) is 5.11 Å². The van der Waals surface area contributed by atoms with Crippen LogP contribution in [-0.4, -0.2) is 36.1 Å². The third-order valence-corrected chi connectivity index (χ3v) is 4.22. The monoisotopic (exact) mass is 354 g/mol. The molecule has 2 fully saturated rings. The van der Waals surface area contributed by atoms with Gasteiger partial charge in [-0.15, -0.1) is 0 Å². The van der Waals surface area contributed by atoms with Crippen molar-refractivity contribution in [3.63, 3.8) is 0 Å². The number of fused-ring (bicyclic) bond motifs is 1. The third-order valence-electron chi connectivity index (χ3n) is 3.92. The van der Waals surface area contributed by atoms with E-state index in [0.717, 1.165) is 12.0 Å². The van der Waals surface area contributed by atoms with Gasteiger partial charge in [-0.25, -0.2) is 0 Å². The van der Waals surface area contributed by atoms with Crippen molar-refractivity contribution in [3.8, 4) is 0 Å². The molecule has 21 heavy (non-hydrogen) atoms. The van der Waals surface area contributed by atoms with Crippen molar-refractivity contribution in [2.75, 3.05) is 6.61 Å². The zero-order chi connectivity index (χ0) is 14.7. The zero-order valence-corrected chi connectivity index (χ0v) is 13.2. The summed E-state index contributed by atoms with van der Waals surface area (Å²) in [5.74, 6) is 0. The minimum Gasteiger partial charge on any atom is -0.390 e. The van der Waals surface area contributed by atoms with E-state index in [1.807, 2.05) is 36.4 Å². The van der Waals surface area contributed by atoms with E-state index in [0.29, 0.717) is 13.0 Å². The molecule has 0 spiro atoms. The highest BCUT2D eigenvalue weighted by atomic mass is 79.9. The van der Waals surface area contributed by atoms with Gasteiger partial charge in [0.25, 0.3) is 0 Å². The largest absolute Gasteiger partial charge is 0.390 e. The first-order chi connectivity index (χ1) is 10.3. The Morgan fingerprint density at radius 3 is 2.67 bits per heavy atom. The Bertz CT molecular complexity index is 478. The number of halogens is 1. The lowest BCUT2D eigenvalue weighted by atomic mass is 10.0. The molecule has 0 bridgehead atoms. The first-order valence-corrected chi connectivity index (χ1v) is 8.12. The van der Waals surface area contributed by atoms with E-state index in [2.05, 4.69) is 15.9 Å². The Morgan fingerprint density at radius 2 is 1.90 bits per heavy atom. The summed E-state index contributed by atoms with van der Waals surface area (Å²) in [7, 11) is 0. The minimum absolute atomic E-state index is 0.0488. The molecule has 3 rings (SSSR count). The normalized spacial score (nSPS) is 37.1. The summed E-state index contributed by atoms with van der Waals surface area (Å²) in [5.41, 5.74) is 1.01. The van der Waals surface area contributed by atoms with Crippen molar-refractivity contribution in [1.82, 2.24) is 0 Å². The number of ether oxygens (including phenoxy) is 3. The van der Waals surface area contributed by atoms with Crippen molar-refractivity contribution in [2.45, 2.75) is 43.5 Å². The summed E-state index contributed by atoms with van der Waals surface area (Å²) in [6, 6.07) is 9.90. The number of hydrogen-bond donors (Lipinski definition) is 1.